The predicted molar refractivity (Wildman–Crippen MR) is 115 cm³/mol. The third-order valence-corrected chi connectivity index (χ3v) is 5.84. The number of hydrogen-bond acceptors (Lipinski definition) is 4. The Morgan fingerprint density at radius 3 is 2.59 bits per heavy atom. The molecule has 0 atom stereocenters. The van der Waals surface area contributed by atoms with E-state index in [4.69, 9.17) is 16.3 Å². The van der Waals surface area contributed by atoms with Gasteiger partial charge in [-0.2, -0.15) is 5.10 Å². The molecule has 1 saturated heterocycles. The molecule has 0 radical (unpaired) electrons. The molecule has 4 rings (SSSR count). The molecular weight excluding hydrogens is 388 g/mol. The second kappa shape index (κ2) is 8.13. The van der Waals surface area contributed by atoms with Crippen LogP contribution in [0.4, 0.5) is 5.69 Å². The number of rotatable bonds is 4. The van der Waals surface area contributed by atoms with Gasteiger partial charge in [0.05, 0.1) is 27.7 Å². The molecule has 0 unspecified atom stereocenters. The molecule has 1 N–H and O–H groups in total. The Balaban J connectivity index is 1.63. The van der Waals surface area contributed by atoms with Crippen LogP contribution in [-0.4, -0.2) is 33.9 Å². The van der Waals surface area contributed by atoms with Crippen molar-refractivity contribution < 1.29 is 9.53 Å². The van der Waals surface area contributed by atoms with Crippen LogP contribution in [0.25, 0.3) is 11.0 Å². The Kier molecular flexibility index (Phi) is 5.56. The summed E-state index contributed by atoms with van der Waals surface area (Å²) < 4.78 is 7.39. The second-order valence-electron chi connectivity index (χ2n) is 7.79. The number of hydrogen-bond donors (Lipinski definition) is 1. The lowest BCUT2D eigenvalue weighted by atomic mass is 10.0. The minimum atomic E-state index is -0.278. The van der Waals surface area contributed by atoms with Gasteiger partial charge in [-0.15, -0.1) is 0 Å². The number of halogens is 1. The average molecular weight is 413 g/mol. The standard InChI is InChI=1S/C22H25ClN4O2/c1-13(2)15-4-6-16(7-5-15)25-22(28)18-12-24-21-19(20(18)23)14(3)26-27(21)17-8-10-29-11-9-17/h4-7,12-13,17H,8-11H2,1-3H3,(H,25,28). The number of aromatic nitrogens is 3. The number of amides is 1. The molecule has 0 aliphatic carbocycles. The number of carbonyl (C=O) groups is 1. The van der Waals surface area contributed by atoms with E-state index in [0.717, 1.165) is 48.5 Å². The van der Waals surface area contributed by atoms with Crippen LogP contribution in [0.15, 0.2) is 30.5 Å². The second-order valence-corrected chi connectivity index (χ2v) is 8.17. The zero-order valence-electron chi connectivity index (χ0n) is 16.9. The predicted octanol–water partition coefficient (Wildman–Crippen LogP) is 5.12. The van der Waals surface area contributed by atoms with Crippen LogP contribution < -0.4 is 5.32 Å². The number of ether oxygens (including phenoxy) is 1. The maximum absolute atomic E-state index is 12.8. The first-order chi connectivity index (χ1) is 14.0. The van der Waals surface area contributed by atoms with Crippen molar-refractivity contribution in [2.75, 3.05) is 18.5 Å². The van der Waals surface area contributed by atoms with Crippen LogP contribution in [0.2, 0.25) is 5.02 Å². The number of nitrogens with zero attached hydrogens (tertiary/aromatic N) is 3. The van der Waals surface area contributed by atoms with Gasteiger partial charge in [-0.3, -0.25) is 4.79 Å². The third-order valence-electron chi connectivity index (χ3n) is 5.45. The maximum Gasteiger partial charge on any atom is 0.258 e. The molecule has 6 nitrogen and oxygen atoms in total. The summed E-state index contributed by atoms with van der Waals surface area (Å²) in [5.74, 6) is 0.163. The molecule has 1 amide bonds. The molecule has 29 heavy (non-hydrogen) atoms. The molecule has 1 aliphatic rings. The van der Waals surface area contributed by atoms with Gasteiger partial charge >= 0.3 is 0 Å². The highest BCUT2D eigenvalue weighted by atomic mass is 35.5. The largest absolute Gasteiger partial charge is 0.381 e. The summed E-state index contributed by atoms with van der Waals surface area (Å²) in [7, 11) is 0. The van der Waals surface area contributed by atoms with Gasteiger partial charge in [-0.1, -0.05) is 37.6 Å². The van der Waals surface area contributed by atoms with Crippen molar-refractivity contribution in [2.45, 2.75) is 45.6 Å². The normalized spacial score (nSPS) is 15.2. The van der Waals surface area contributed by atoms with Crippen LogP contribution in [-0.2, 0) is 4.74 Å². The molecule has 7 heteroatoms. The third kappa shape index (κ3) is 3.87. The minimum Gasteiger partial charge on any atom is -0.381 e. The summed E-state index contributed by atoms with van der Waals surface area (Å²) in [5, 5.41) is 8.71. The number of benzene rings is 1. The Hall–Kier alpha value is -2.44. The van der Waals surface area contributed by atoms with E-state index < -0.39 is 0 Å². The first kappa shape index (κ1) is 19.9. The number of aryl methyl sites for hydroxylation is 1. The summed E-state index contributed by atoms with van der Waals surface area (Å²) in [6, 6.07) is 8.09. The van der Waals surface area contributed by atoms with Crippen molar-refractivity contribution in [3.05, 3.63) is 52.3 Å². The number of carbonyl (C=O) groups excluding carboxylic acids is 1. The topological polar surface area (TPSA) is 69.0 Å². The fourth-order valence-corrected chi connectivity index (χ4v) is 4.08. The summed E-state index contributed by atoms with van der Waals surface area (Å²) >= 11 is 6.65. The van der Waals surface area contributed by atoms with Gasteiger partial charge in [0, 0.05) is 25.1 Å². The molecule has 1 fully saturated rings. The highest BCUT2D eigenvalue weighted by Gasteiger charge is 2.24. The first-order valence-corrected chi connectivity index (χ1v) is 10.4. The maximum atomic E-state index is 12.8. The van der Waals surface area contributed by atoms with Gasteiger partial charge in [0.25, 0.3) is 5.91 Å². The molecular formula is C22H25ClN4O2. The first-order valence-electron chi connectivity index (χ1n) is 9.98. The van der Waals surface area contributed by atoms with Gasteiger partial charge in [0.1, 0.15) is 0 Å². The van der Waals surface area contributed by atoms with Crippen LogP contribution >= 0.6 is 11.6 Å². The van der Waals surface area contributed by atoms with E-state index in [1.165, 1.54) is 5.56 Å². The molecule has 0 bridgehead atoms. The van der Waals surface area contributed by atoms with Crippen LogP contribution in [0.1, 0.15) is 60.3 Å². The van der Waals surface area contributed by atoms with Gasteiger partial charge in [-0.25, -0.2) is 9.67 Å². The van der Waals surface area contributed by atoms with E-state index in [2.05, 4.69) is 29.2 Å². The Morgan fingerprint density at radius 1 is 1.24 bits per heavy atom. The molecule has 3 aromatic rings. The Bertz CT molecular complexity index is 1040. The van der Waals surface area contributed by atoms with Crippen LogP contribution in [0.3, 0.4) is 0 Å². The van der Waals surface area contributed by atoms with E-state index in [1.807, 2.05) is 35.9 Å². The van der Waals surface area contributed by atoms with E-state index >= 15 is 0 Å². The average Bonchev–Trinajstić information content (AvgIpc) is 3.06. The lowest BCUT2D eigenvalue weighted by molar-refractivity contribution is 0.0672. The zero-order valence-corrected chi connectivity index (χ0v) is 17.7. The van der Waals surface area contributed by atoms with E-state index in [1.54, 1.807) is 6.20 Å². The number of nitrogens with one attached hydrogen (secondary N) is 1. The monoisotopic (exact) mass is 412 g/mol. The van der Waals surface area contributed by atoms with E-state index in [9.17, 15) is 4.79 Å². The van der Waals surface area contributed by atoms with E-state index in [-0.39, 0.29) is 11.9 Å². The quantitative estimate of drug-likeness (QED) is 0.645. The van der Waals surface area contributed by atoms with Crippen molar-refractivity contribution in [1.82, 2.24) is 14.8 Å². The van der Waals surface area contributed by atoms with Gasteiger partial charge in [0.15, 0.2) is 5.65 Å². The van der Waals surface area contributed by atoms with Crippen LogP contribution in [0.5, 0.6) is 0 Å². The van der Waals surface area contributed by atoms with E-state index in [0.29, 0.717) is 16.5 Å². The Labute approximate surface area is 175 Å². The summed E-state index contributed by atoms with van der Waals surface area (Å²) in [6.45, 7) is 7.61. The SMILES string of the molecule is Cc1nn(C2CCOCC2)c2ncc(C(=O)Nc3ccc(C(C)C)cc3)c(Cl)c12. The summed E-state index contributed by atoms with van der Waals surface area (Å²) in [5.41, 5.74) is 3.80. The highest BCUT2D eigenvalue weighted by molar-refractivity contribution is 6.39. The van der Waals surface area contributed by atoms with Crippen molar-refractivity contribution in [1.29, 1.82) is 0 Å². The Morgan fingerprint density at radius 2 is 1.93 bits per heavy atom. The summed E-state index contributed by atoms with van der Waals surface area (Å²) in [6.07, 6.45) is 3.33. The van der Waals surface area contributed by atoms with Crippen molar-refractivity contribution >= 4 is 34.2 Å². The molecule has 1 aliphatic heterocycles. The highest BCUT2D eigenvalue weighted by Crippen LogP contribution is 2.32. The lowest BCUT2D eigenvalue weighted by Crippen LogP contribution is -2.21. The van der Waals surface area contributed by atoms with Gasteiger partial charge in [0.2, 0.25) is 0 Å². The fourth-order valence-electron chi connectivity index (χ4n) is 3.73. The zero-order chi connectivity index (χ0) is 20.5. The van der Waals surface area contributed by atoms with Gasteiger partial charge < -0.3 is 10.1 Å². The lowest BCUT2D eigenvalue weighted by Gasteiger charge is -2.22. The van der Waals surface area contributed by atoms with Crippen LogP contribution in [0, 0.1) is 6.92 Å². The molecule has 1 aromatic carbocycles. The molecule has 0 saturated carbocycles. The van der Waals surface area contributed by atoms with Gasteiger partial charge in [-0.05, 0) is 43.4 Å². The number of fused-ring (bicyclic) bond motifs is 1. The molecule has 3 heterocycles. The van der Waals surface area contributed by atoms with Crippen molar-refractivity contribution in [2.24, 2.45) is 0 Å². The fraction of sp³-hybridized carbons (Fsp3) is 0.409. The molecule has 2 aromatic heterocycles. The number of anilines is 1. The minimum absolute atomic E-state index is 0.239. The number of pyridine rings is 1. The van der Waals surface area contributed by atoms with Crippen molar-refractivity contribution in [3.8, 4) is 0 Å². The summed E-state index contributed by atoms with van der Waals surface area (Å²) in [4.78, 5) is 17.4. The molecule has 152 valence electrons. The van der Waals surface area contributed by atoms with Crippen molar-refractivity contribution in [3.63, 3.8) is 0 Å². The smallest absolute Gasteiger partial charge is 0.258 e. The molecule has 0 spiro atoms.